The van der Waals surface area contributed by atoms with Crippen molar-refractivity contribution in [2.75, 3.05) is 25.1 Å². The van der Waals surface area contributed by atoms with E-state index >= 15 is 0 Å². The summed E-state index contributed by atoms with van der Waals surface area (Å²) in [6, 6.07) is 11.0. The van der Waals surface area contributed by atoms with Crippen molar-refractivity contribution in [2.45, 2.75) is 0 Å². The maximum absolute atomic E-state index is 12.8. The number of carbonyl (C=O) groups is 1. The van der Waals surface area contributed by atoms with E-state index in [4.69, 9.17) is 5.73 Å². The second-order valence-corrected chi connectivity index (χ2v) is 4.63. The minimum atomic E-state index is -0.296. The average Bonchev–Trinajstić information content (AvgIpc) is 2.42. The van der Waals surface area contributed by atoms with Gasteiger partial charge in [-0.2, -0.15) is 0 Å². The maximum Gasteiger partial charge on any atom is 0.253 e. The molecule has 0 aromatic heterocycles. The smallest absolute Gasteiger partial charge is 0.253 e. The summed E-state index contributed by atoms with van der Waals surface area (Å²) >= 11 is 0. The Bertz CT molecular complexity index is 624. The Balaban J connectivity index is 2.22. The normalized spacial score (nSPS) is 10.2. The highest BCUT2D eigenvalue weighted by Gasteiger charge is 2.10. The molecule has 104 valence electrons. The topological polar surface area (TPSA) is 58.4 Å². The summed E-state index contributed by atoms with van der Waals surface area (Å²) in [5.41, 5.74) is 8.31. The predicted molar refractivity (Wildman–Crippen MR) is 78.6 cm³/mol. The van der Waals surface area contributed by atoms with Gasteiger partial charge in [-0.15, -0.1) is 0 Å². The summed E-state index contributed by atoms with van der Waals surface area (Å²) in [5.74, 6) is -0.402. The van der Waals surface area contributed by atoms with Crippen LogP contribution in [-0.2, 0) is 0 Å². The van der Waals surface area contributed by atoms with Crippen LogP contribution in [0.25, 0.3) is 0 Å². The number of hydrogen-bond acceptors (Lipinski definition) is 3. The Morgan fingerprint density at radius 2 is 1.80 bits per heavy atom. The zero-order chi connectivity index (χ0) is 14.7. The summed E-state index contributed by atoms with van der Waals surface area (Å²) in [6.45, 7) is 0. The molecule has 0 fully saturated rings. The van der Waals surface area contributed by atoms with E-state index in [-0.39, 0.29) is 11.7 Å². The number of nitrogens with two attached hydrogens (primary N) is 1. The fourth-order valence-corrected chi connectivity index (χ4v) is 1.76. The number of nitrogens with zero attached hydrogens (tertiary/aromatic N) is 1. The van der Waals surface area contributed by atoms with E-state index in [1.54, 1.807) is 44.4 Å². The highest BCUT2D eigenvalue weighted by molar-refractivity contribution is 5.96. The number of nitrogen functional groups attached to an aromatic ring is 1. The quantitative estimate of drug-likeness (QED) is 0.845. The van der Waals surface area contributed by atoms with Crippen LogP contribution in [0.2, 0.25) is 0 Å². The first-order valence-electron chi connectivity index (χ1n) is 6.11. The van der Waals surface area contributed by atoms with Crippen LogP contribution in [0.3, 0.4) is 0 Å². The Kier molecular flexibility index (Phi) is 3.89. The number of halogens is 1. The van der Waals surface area contributed by atoms with Gasteiger partial charge in [0.25, 0.3) is 5.91 Å². The van der Waals surface area contributed by atoms with Crippen molar-refractivity contribution in [1.29, 1.82) is 0 Å². The molecule has 3 N–H and O–H groups in total. The lowest BCUT2D eigenvalue weighted by atomic mass is 10.1. The lowest BCUT2D eigenvalue weighted by Crippen LogP contribution is -2.21. The van der Waals surface area contributed by atoms with Crippen LogP contribution < -0.4 is 11.1 Å². The van der Waals surface area contributed by atoms with Gasteiger partial charge in [-0.1, -0.05) is 0 Å². The molecule has 5 heteroatoms. The van der Waals surface area contributed by atoms with Gasteiger partial charge in [0.1, 0.15) is 5.82 Å². The molecule has 2 aromatic carbocycles. The SMILES string of the molecule is CN(C)C(=O)c1ccc(Nc2ccc(F)cc2)c(N)c1. The van der Waals surface area contributed by atoms with Crippen LogP contribution in [-0.4, -0.2) is 24.9 Å². The first-order chi connectivity index (χ1) is 9.47. The minimum Gasteiger partial charge on any atom is -0.397 e. The van der Waals surface area contributed by atoms with Crippen LogP contribution in [0, 0.1) is 5.82 Å². The van der Waals surface area contributed by atoms with E-state index in [0.717, 1.165) is 5.69 Å². The van der Waals surface area contributed by atoms with Crippen molar-refractivity contribution in [3.8, 4) is 0 Å². The molecule has 0 aliphatic carbocycles. The van der Waals surface area contributed by atoms with Crippen LogP contribution in [0.5, 0.6) is 0 Å². The summed E-state index contributed by atoms with van der Waals surface area (Å²) in [4.78, 5) is 13.3. The zero-order valence-electron chi connectivity index (χ0n) is 11.4. The van der Waals surface area contributed by atoms with Crippen molar-refractivity contribution in [3.63, 3.8) is 0 Å². The molecule has 0 heterocycles. The first kappa shape index (κ1) is 13.9. The number of rotatable bonds is 3. The minimum absolute atomic E-state index is 0.106. The molecule has 0 bridgehead atoms. The Labute approximate surface area is 117 Å². The second-order valence-electron chi connectivity index (χ2n) is 4.63. The van der Waals surface area contributed by atoms with Crippen LogP contribution in [0.15, 0.2) is 42.5 Å². The molecule has 2 aromatic rings. The third kappa shape index (κ3) is 3.06. The Morgan fingerprint density at radius 1 is 1.15 bits per heavy atom. The standard InChI is InChI=1S/C15H16FN3O/c1-19(2)15(20)10-3-8-14(13(17)9-10)18-12-6-4-11(16)5-7-12/h3-9,18H,17H2,1-2H3. The molecule has 0 saturated carbocycles. The van der Waals surface area contributed by atoms with Gasteiger partial charge in [-0.05, 0) is 42.5 Å². The molecular weight excluding hydrogens is 257 g/mol. The van der Waals surface area contributed by atoms with Gasteiger partial charge in [0.15, 0.2) is 0 Å². The van der Waals surface area contributed by atoms with Crippen LogP contribution in [0.4, 0.5) is 21.5 Å². The number of amides is 1. The fourth-order valence-electron chi connectivity index (χ4n) is 1.76. The molecule has 20 heavy (non-hydrogen) atoms. The van der Waals surface area contributed by atoms with E-state index in [1.165, 1.54) is 17.0 Å². The zero-order valence-corrected chi connectivity index (χ0v) is 11.4. The van der Waals surface area contributed by atoms with Crippen LogP contribution >= 0.6 is 0 Å². The van der Waals surface area contributed by atoms with E-state index < -0.39 is 0 Å². The number of benzene rings is 2. The van der Waals surface area contributed by atoms with E-state index in [2.05, 4.69) is 5.32 Å². The molecule has 1 amide bonds. The molecule has 0 aliphatic rings. The average molecular weight is 273 g/mol. The third-order valence-electron chi connectivity index (χ3n) is 2.83. The maximum atomic E-state index is 12.8. The molecule has 0 radical (unpaired) electrons. The van der Waals surface area contributed by atoms with Crippen molar-refractivity contribution in [1.82, 2.24) is 4.90 Å². The lowest BCUT2D eigenvalue weighted by molar-refractivity contribution is 0.0827. The molecule has 0 aliphatic heterocycles. The van der Waals surface area contributed by atoms with Gasteiger partial charge in [0, 0.05) is 25.3 Å². The van der Waals surface area contributed by atoms with Crippen molar-refractivity contribution < 1.29 is 9.18 Å². The lowest BCUT2D eigenvalue weighted by Gasteiger charge is -2.13. The van der Waals surface area contributed by atoms with Gasteiger partial charge >= 0.3 is 0 Å². The molecule has 0 unspecified atom stereocenters. The van der Waals surface area contributed by atoms with Gasteiger partial charge in [0.2, 0.25) is 0 Å². The molecule has 0 spiro atoms. The fraction of sp³-hybridized carbons (Fsp3) is 0.133. The van der Waals surface area contributed by atoms with Crippen LogP contribution in [0.1, 0.15) is 10.4 Å². The number of hydrogen-bond donors (Lipinski definition) is 2. The van der Waals surface area contributed by atoms with Crippen molar-refractivity contribution in [2.24, 2.45) is 0 Å². The monoisotopic (exact) mass is 273 g/mol. The predicted octanol–water partition coefficient (Wildman–Crippen LogP) is 2.85. The second kappa shape index (κ2) is 5.61. The first-order valence-corrected chi connectivity index (χ1v) is 6.11. The summed E-state index contributed by atoms with van der Waals surface area (Å²) in [5, 5.41) is 3.08. The summed E-state index contributed by atoms with van der Waals surface area (Å²) in [7, 11) is 3.37. The largest absolute Gasteiger partial charge is 0.397 e. The molecule has 0 atom stereocenters. The summed E-state index contributed by atoms with van der Waals surface area (Å²) in [6.07, 6.45) is 0. The number of nitrogens with one attached hydrogen (secondary N) is 1. The van der Waals surface area contributed by atoms with Gasteiger partial charge in [-0.25, -0.2) is 4.39 Å². The van der Waals surface area contributed by atoms with Crippen molar-refractivity contribution >= 4 is 23.0 Å². The van der Waals surface area contributed by atoms with E-state index in [9.17, 15) is 9.18 Å². The summed E-state index contributed by atoms with van der Waals surface area (Å²) < 4.78 is 12.8. The van der Waals surface area contributed by atoms with E-state index in [1.807, 2.05) is 0 Å². The molecular formula is C15H16FN3O. The van der Waals surface area contributed by atoms with Crippen molar-refractivity contribution in [3.05, 3.63) is 53.8 Å². The Hall–Kier alpha value is -2.56. The number of carbonyl (C=O) groups excluding carboxylic acids is 1. The molecule has 2 rings (SSSR count). The van der Waals surface area contributed by atoms with Gasteiger partial charge in [-0.3, -0.25) is 4.79 Å². The Morgan fingerprint density at radius 3 is 2.35 bits per heavy atom. The third-order valence-corrected chi connectivity index (χ3v) is 2.83. The van der Waals surface area contributed by atoms with E-state index in [0.29, 0.717) is 16.9 Å². The molecule has 4 nitrogen and oxygen atoms in total. The van der Waals surface area contributed by atoms with Gasteiger partial charge < -0.3 is 16.0 Å². The highest BCUT2D eigenvalue weighted by Crippen LogP contribution is 2.24. The molecule has 0 saturated heterocycles. The number of anilines is 3. The van der Waals surface area contributed by atoms with Gasteiger partial charge in [0.05, 0.1) is 11.4 Å². The highest BCUT2D eigenvalue weighted by atomic mass is 19.1.